The molecule has 0 fully saturated rings. The Kier molecular flexibility index (Phi) is 7.55. The van der Waals surface area contributed by atoms with Crippen LogP contribution in [0.25, 0.3) is 99.6 Å². The number of hydrogen-bond donors (Lipinski definition) is 0. The Balaban J connectivity index is 1.13. The normalized spacial score (nSPS) is 12.9. The number of rotatable bonds is 5. The van der Waals surface area contributed by atoms with Gasteiger partial charge < -0.3 is 0 Å². The number of benzene rings is 9. The van der Waals surface area contributed by atoms with Crippen LogP contribution in [0, 0.1) is 0 Å². The highest BCUT2D eigenvalue weighted by molar-refractivity contribution is 6.09. The Bertz CT molecular complexity index is 3210. The smallest absolute Gasteiger partial charge is 0.161 e. The van der Waals surface area contributed by atoms with Crippen LogP contribution in [0.5, 0.6) is 0 Å². The van der Waals surface area contributed by atoms with Crippen LogP contribution in [-0.2, 0) is 5.41 Å². The highest BCUT2D eigenvalue weighted by Crippen LogP contribution is 2.55. The molecule has 268 valence electrons. The van der Waals surface area contributed by atoms with Crippen LogP contribution in [0.3, 0.4) is 0 Å². The summed E-state index contributed by atoms with van der Waals surface area (Å²) in [6, 6.07) is 70.0. The van der Waals surface area contributed by atoms with E-state index in [0.29, 0.717) is 5.82 Å². The van der Waals surface area contributed by atoms with Gasteiger partial charge in [0.25, 0.3) is 0 Å². The molecule has 2 heteroatoms. The van der Waals surface area contributed by atoms with E-state index in [2.05, 4.69) is 208 Å². The molecule has 1 aromatic heterocycles. The molecule has 0 aliphatic heterocycles. The van der Waals surface area contributed by atoms with Gasteiger partial charge in [-0.2, -0.15) is 0 Å². The summed E-state index contributed by atoms with van der Waals surface area (Å²) >= 11 is 0. The first kappa shape index (κ1) is 33.2. The Labute approximate surface area is 332 Å². The maximum absolute atomic E-state index is 5.41. The molecule has 0 spiro atoms. The molecular weight excluding hydrogens is 689 g/mol. The summed E-state index contributed by atoms with van der Waals surface area (Å²) in [6.45, 7) is 4.75. The van der Waals surface area contributed by atoms with Crippen LogP contribution in [0.2, 0.25) is 0 Å². The van der Waals surface area contributed by atoms with E-state index in [-0.39, 0.29) is 5.41 Å². The van der Waals surface area contributed by atoms with Crippen molar-refractivity contribution >= 4 is 32.3 Å². The fraction of sp³-hybridized carbons (Fsp3) is 0.0545. The van der Waals surface area contributed by atoms with Gasteiger partial charge >= 0.3 is 0 Å². The summed E-state index contributed by atoms with van der Waals surface area (Å²) in [5.41, 5.74) is 15.0. The second kappa shape index (κ2) is 13.0. The van der Waals surface area contributed by atoms with Crippen molar-refractivity contribution in [3.8, 4) is 67.3 Å². The molecule has 0 N–H and O–H groups in total. The average Bonchev–Trinajstić information content (AvgIpc) is 3.52. The third-order valence-corrected chi connectivity index (χ3v) is 12.1. The van der Waals surface area contributed by atoms with E-state index in [1.54, 1.807) is 0 Å². The quantitative estimate of drug-likeness (QED) is 0.176. The zero-order valence-electron chi connectivity index (χ0n) is 31.9. The topological polar surface area (TPSA) is 25.8 Å². The second-order valence-corrected chi connectivity index (χ2v) is 15.7. The average molecular weight is 727 g/mol. The number of fused-ring (bicyclic) bond motifs is 7. The highest BCUT2D eigenvalue weighted by atomic mass is 14.9. The third-order valence-electron chi connectivity index (χ3n) is 12.1. The Morgan fingerprint density at radius 1 is 0.351 bits per heavy atom. The maximum Gasteiger partial charge on any atom is 0.161 e. The molecule has 1 aliphatic rings. The lowest BCUT2D eigenvalue weighted by atomic mass is 9.80. The van der Waals surface area contributed by atoms with Crippen LogP contribution in [0.4, 0.5) is 0 Å². The van der Waals surface area contributed by atoms with E-state index < -0.39 is 0 Å². The van der Waals surface area contributed by atoms with E-state index in [9.17, 15) is 0 Å². The van der Waals surface area contributed by atoms with Crippen LogP contribution in [0.1, 0.15) is 25.0 Å². The van der Waals surface area contributed by atoms with Crippen molar-refractivity contribution in [2.24, 2.45) is 0 Å². The highest BCUT2D eigenvalue weighted by Gasteiger charge is 2.38. The van der Waals surface area contributed by atoms with Crippen LogP contribution >= 0.6 is 0 Å². The van der Waals surface area contributed by atoms with Gasteiger partial charge in [-0.25, -0.2) is 9.97 Å². The van der Waals surface area contributed by atoms with Gasteiger partial charge in [0, 0.05) is 22.1 Å². The molecule has 0 radical (unpaired) electrons. The van der Waals surface area contributed by atoms with Crippen molar-refractivity contribution in [3.05, 3.63) is 205 Å². The second-order valence-electron chi connectivity index (χ2n) is 15.7. The molecule has 0 atom stereocenters. The van der Waals surface area contributed by atoms with Crippen molar-refractivity contribution in [1.29, 1.82) is 0 Å². The van der Waals surface area contributed by atoms with E-state index in [0.717, 1.165) is 39.0 Å². The van der Waals surface area contributed by atoms with Gasteiger partial charge in [0.2, 0.25) is 0 Å². The molecule has 1 heterocycles. The zero-order valence-corrected chi connectivity index (χ0v) is 31.9. The number of aromatic nitrogens is 2. The zero-order chi connectivity index (χ0) is 38.1. The Morgan fingerprint density at radius 3 is 1.74 bits per heavy atom. The molecule has 0 amide bonds. The third kappa shape index (κ3) is 5.33. The number of nitrogens with zero attached hydrogens (tertiary/aromatic N) is 2. The van der Waals surface area contributed by atoms with Crippen molar-refractivity contribution in [3.63, 3.8) is 0 Å². The van der Waals surface area contributed by atoms with Crippen LogP contribution in [-0.4, -0.2) is 9.97 Å². The first-order valence-corrected chi connectivity index (χ1v) is 19.7. The molecule has 0 saturated heterocycles. The van der Waals surface area contributed by atoms with Gasteiger partial charge in [0.15, 0.2) is 5.82 Å². The molecule has 11 rings (SSSR count). The van der Waals surface area contributed by atoms with Crippen LogP contribution in [0.15, 0.2) is 194 Å². The standard InChI is InChI=1S/C55H38N2/c1-55(2)49-28-14-27-46(52(49)48-30-29-37-18-7-9-23-41(37)53(48)55)44-31-32-47(43-25-11-10-24-42(43)44)54-56-50(39-21-12-20-38(33-39)35-15-4-3-5-16-35)34-51(57-54)45-26-13-19-36-17-6-8-22-40(36)45/h3-34H,1-2H3. The lowest BCUT2D eigenvalue weighted by Gasteiger charge is -2.23. The molecule has 0 bridgehead atoms. The monoisotopic (exact) mass is 726 g/mol. The fourth-order valence-electron chi connectivity index (χ4n) is 9.40. The Morgan fingerprint density at radius 2 is 0.912 bits per heavy atom. The molecule has 57 heavy (non-hydrogen) atoms. The Hall–Kier alpha value is -7.16. The summed E-state index contributed by atoms with van der Waals surface area (Å²) in [4.78, 5) is 10.8. The van der Waals surface area contributed by atoms with E-state index in [1.165, 1.54) is 65.9 Å². The van der Waals surface area contributed by atoms with E-state index >= 15 is 0 Å². The minimum Gasteiger partial charge on any atom is -0.228 e. The predicted octanol–water partition coefficient (Wildman–Crippen LogP) is 14.6. The van der Waals surface area contributed by atoms with E-state index in [1.807, 2.05) is 0 Å². The van der Waals surface area contributed by atoms with E-state index in [4.69, 9.17) is 9.97 Å². The SMILES string of the molecule is CC1(C)c2cccc(-c3ccc(-c4nc(-c5cccc(-c6ccccc6)c5)cc(-c5cccc6ccccc56)n4)c4ccccc34)c2-c2ccc3ccccc3c21. The van der Waals surface area contributed by atoms with Gasteiger partial charge in [-0.15, -0.1) is 0 Å². The van der Waals surface area contributed by atoms with Crippen molar-refractivity contribution in [2.45, 2.75) is 19.3 Å². The molecule has 9 aromatic carbocycles. The van der Waals surface area contributed by atoms with Crippen molar-refractivity contribution in [1.82, 2.24) is 9.97 Å². The molecule has 2 nitrogen and oxygen atoms in total. The first-order chi connectivity index (χ1) is 28.0. The lowest BCUT2D eigenvalue weighted by Crippen LogP contribution is -2.15. The van der Waals surface area contributed by atoms with Crippen molar-refractivity contribution < 1.29 is 0 Å². The summed E-state index contributed by atoms with van der Waals surface area (Å²) in [7, 11) is 0. The largest absolute Gasteiger partial charge is 0.228 e. The molecule has 10 aromatic rings. The molecule has 1 aliphatic carbocycles. The minimum atomic E-state index is -0.138. The van der Waals surface area contributed by atoms with Crippen LogP contribution < -0.4 is 0 Å². The van der Waals surface area contributed by atoms with Gasteiger partial charge in [-0.05, 0) is 95.0 Å². The minimum absolute atomic E-state index is 0.138. The molecular formula is C55H38N2. The molecule has 0 unspecified atom stereocenters. The maximum atomic E-state index is 5.41. The summed E-state index contributed by atoms with van der Waals surface area (Å²) < 4.78 is 0. The predicted molar refractivity (Wildman–Crippen MR) is 239 cm³/mol. The van der Waals surface area contributed by atoms with Gasteiger partial charge in [0.1, 0.15) is 0 Å². The summed E-state index contributed by atoms with van der Waals surface area (Å²) in [5, 5.41) is 7.28. The number of hydrogen-bond acceptors (Lipinski definition) is 2. The van der Waals surface area contributed by atoms with Crippen molar-refractivity contribution in [2.75, 3.05) is 0 Å². The lowest BCUT2D eigenvalue weighted by molar-refractivity contribution is 0.666. The van der Waals surface area contributed by atoms with Gasteiger partial charge in [-0.1, -0.05) is 190 Å². The summed E-state index contributed by atoms with van der Waals surface area (Å²) in [5.74, 6) is 0.708. The van der Waals surface area contributed by atoms with Gasteiger partial charge in [0.05, 0.1) is 11.4 Å². The van der Waals surface area contributed by atoms with Gasteiger partial charge in [-0.3, -0.25) is 0 Å². The summed E-state index contributed by atoms with van der Waals surface area (Å²) in [6.07, 6.45) is 0. The first-order valence-electron chi connectivity index (χ1n) is 19.7. The fourth-order valence-corrected chi connectivity index (χ4v) is 9.40. The molecule has 0 saturated carbocycles.